The van der Waals surface area contributed by atoms with E-state index < -0.39 is 0 Å². The maximum absolute atomic E-state index is 6.99. The van der Waals surface area contributed by atoms with E-state index in [1.807, 2.05) is 17.4 Å². The largest absolute Gasteiger partial charge is 0.484 e. The first-order chi connectivity index (χ1) is 26.5. The first-order valence-electron chi connectivity index (χ1n) is 18.9. The topological polar surface area (TPSA) is 9.23 Å². The number of hydrogen-bond donors (Lipinski definition) is 0. The van der Waals surface area contributed by atoms with Crippen molar-refractivity contribution in [2.24, 2.45) is 0 Å². The van der Waals surface area contributed by atoms with Crippen molar-refractivity contribution < 1.29 is 4.74 Å². The number of fused-ring (bicyclic) bond motifs is 10. The van der Waals surface area contributed by atoms with Crippen LogP contribution >= 0.6 is 11.3 Å². The fraction of sp³-hybridized carbons (Fsp3) is 0.115. The van der Waals surface area contributed by atoms with Gasteiger partial charge in [0.25, 0.3) is 0 Å². The number of para-hydroxylation sites is 1. The van der Waals surface area contributed by atoms with Crippen LogP contribution in [0.15, 0.2) is 170 Å². The Balaban J connectivity index is 1.30. The van der Waals surface area contributed by atoms with E-state index in [1.165, 1.54) is 64.4 Å². The van der Waals surface area contributed by atoms with E-state index in [0.717, 1.165) is 46.1 Å². The number of thiophene rings is 1. The summed E-state index contributed by atoms with van der Waals surface area (Å²) in [5.74, 6) is 1.06. The van der Waals surface area contributed by atoms with Gasteiger partial charge in [-0.05, 0) is 118 Å². The fourth-order valence-corrected chi connectivity index (χ4v) is 9.69. The highest BCUT2D eigenvalue weighted by Crippen LogP contribution is 2.52. The van der Waals surface area contributed by atoms with Crippen molar-refractivity contribution in [2.75, 3.05) is 0 Å². The minimum atomic E-state index is -0.153. The van der Waals surface area contributed by atoms with Crippen molar-refractivity contribution in [1.29, 1.82) is 0 Å². The molecule has 1 aliphatic heterocycles. The van der Waals surface area contributed by atoms with Gasteiger partial charge in [0.05, 0.1) is 5.92 Å². The number of ether oxygens (including phenoxy) is 1. The summed E-state index contributed by atoms with van der Waals surface area (Å²) in [4.78, 5) is 0. The molecule has 0 bridgehead atoms. The summed E-state index contributed by atoms with van der Waals surface area (Å²) in [7, 11) is 0. The number of benzene rings is 5. The Morgan fingerprint density at radius 3 is 2.44 bits per heavy atom. The molecule has 0 N–H and O–H groups in total. The normalized spacial score (nSPS) is 21.1. The van der Waals surface area contributed by atoms with Crippen molar-refractivity contribution in [3.05, 3.63) is 214 Å². The molecule has 0 saturated carbocycles. The second kappa shape index (κ2) is 14.1. The van der Waals surface area contributed by atoms with Gasteiger partial charge in [-0.15, -0.1) is 11.3 Å². The maximum atomic E-state index is 6.99. The quantitative estimate of drug-likeness (QED) is 0.156. The number of aryl methyl sites for hydroxylation is 1. The third-order valence-electron chi connectivity index (χ3n) is 11.1. The van der Waals surface area contributed by atoms with Crippen LogP contribution in [0.5, 0.6) is 5.75 Å². The molecule has 0 saturated heterocycles. The van der Waals surface area contributed by atoms with Crippen LogP contribution in [0, 0.1) is 6.92 Å². The summed E-state index contributed by atoms with van der Waals surface area (Å²) in [6, 6.07) is 37.5. The van der Waals surface area contributed by atoms with Gasteiger partial charge in [-0.1, -0.05) is 141 Å². The SMILES string of the molecule is C=C/C(=C\C(=C)C1=c2\cccc\c2=C(C2=Cc3c(ccc4c3sc3ccccc34)C3c4ccccc4OC23)\C=C\CC\C=C\1)c1ccc(C)c(/C=C\C)c1. The van der Waals surface area contributed by atoms with E-state index in [2.05, 4.69) is 172 Å². The van der Waals surface area contributed by atoms with Crippen LogP contribution in [-0.4, -0.2) is 6.10 Å². The Bertz CT molecular complexity index is 2810. The lowest BCUT2D eigenvalue weighted by Crippen LogP contribution is -2.33. The van der Waals surface area contributed by atoms with Crippen molar-refractivity contribution in [3.8, 4) is 5.75 Å². The van der Waals surface area contributed by atoms with Crippen molar-refractivity contribution in [2.45, 2.75) is 38.7 Å². The van der Waals surface area contributed by atoms with E-state index in [9.17, 15) is 0 Å². The van der Waals surface area contributed by atoms with Crippen molar-refractivity contribution >= 4 is 60.4 Å². The third kappa shape index (κ3) is 5.79. The van der Waals surface area contributed by atoms with Crippen LogP contribution in [0.4, 0.5) is 0 Å². The van der Waals surface area contributed by atoms with E-state index in [0.29, 0.717) is 0 Å². The lowest BCUT2D eigenvalue weighted by Gasteiger charge is -2.30. The predicted molar refractivity (Wildman–Crippen MR) is 233 cm³/mol. The van der Waals surface area contributed by atoms with Crippen LogP contribution in [0.25, 0.3) is 49.0 Å². The van der Waals surface area contributed by atoms with Crippen LogP contribution in [0.2, 0.25) is 0 Å². The second-order valence-corrected chi connectivity index (χ2v) is 15.4. The second-order valence-electron chi connectivity index (χ2n) is 14.4. The average Bonchev–Trinajstić information content (AvgIpc) is 3.79. The molecule has 0 radical (unpaired) electrons. The molecule has 0 amide bonds. The Kier molecular flexibility index (Phi) is 8.85. The molecule has 1 nitrogen and oxygen atoms in total. The molecule has 0 fully saturated rings. The summed E-state index contributed by atoms with van der Waals surface area (Å²) in [6.45, 7) is 13.1. The first-order valence-corrected chi connectivity index (χ1v) is 19.7. The molecule has 2 aliphatic carbocycles. The van der Waals surface area contributed by atoms with Gasteiger partial charge in [0.15, 0.2) is 0 Å². The molecule has 2 unspecified atom stereocenters. The molecule has 5 aromatic carbocycles. The summed E-state index contributed by atoms with van der Waals surface area (Å²) >= 11 is 1.90. The van der Waals surface area contributed by atoms with Crippen LogP contribution in [0.3, 0.4) is 0 Å². The molecule has 262 valence electrons. The smallest absolute Gasteiger partial charge is 0.135 e. The zero-order valence-electron chi connectivity index (χ0n) is 30.8. The van der Waals surface area contributed by atoms with Crippen molar-refractivity contribution in [3.63, 3.8) is 0 Å². The molecular weight excluding hydrogens is 673 g/mol. The van der Waals surface area contributed by atoms with Gasteiger partial charge >= 0.3 is 0 Å². The molecule has 1 aromatic heterocycles. The van der Waals surface area contributed by atoms with Crippen molar-refractivity contribution in [1.82, 2.24) is 0 Å². The molecule has 3 aliphatic rings. The minimum absolute atomic E-state index is 0.0904. The highest BCUT2D eigenvalue weighted by molar-refractivity contribution is 7.26. The summed E-state index contributed by atoms with van der Waals surface area (Å²) in [5, 5.41) is 4.96. The van der Waals surface area contributed by atoms with Gasteiger partial charge < -0.3 is 4.74 Å². The Hall–Kier alpha value is -5.96. The summed E-state index contributed by atoms with van der Waals surface area (Å²) < 4.78 is 9.65. The van der Waals surface area contributed by atoms with Gasteiger partial charge in [-0.3, -0.25) is 0 Å². The van der Waals surface area contributed by atoms with Crippen LogP contribution in [-0.2, 0) is 0 Å². The summed E-state index contributed by atoms with van der Waals surface area (Å²) in [6.07, 6.45) is 21.8. The van der Waals surface area contributed by atoms with Gasteiger partial charge in [-0.25, -0.2) is 0 Å². The zero-order valence-corrected chi connectivity index (χ0v) is 31.6. The number of hydrogen-bond acceptors (Lipinski definition) is 2. The standard InChI is InChI=1S/C52H42OS/c1-5-17-36-31-37(27-26-33(36)3)35(6-2)30-34(4)38-18-9-7-8-10-19-41(40-21-12-11-20-39(38)40)46-32-47-43(50-45-23-13-15-24-48(45)53-51(46)50)28-29-44-42-22-14-16-25-49(42)54-52(44)47/h5-6,9-32,50-51H,2,4,7-8H2,1,3H3/b17-5-,18-9+,19-10+,35-30+,39-38+,41-40+. The van der Waals surface area contributed by atoms with Gasteiger partial charge in [0.1, 0.15) is 11.9 Å². The Labute approximate surface area is 322 Å². The highest BCUT2D eigenvalue weighted by Gasteiger charge is 2.42. The summed E-state index contributed by atoms with van der Waals surface area (Å²) in [5.41, 5.74) is 13.0. The third-order valence-corrected chi connectivity index (χ3v) is 12.3. The van der Waals surface area contributed by atoms with Gasteiger partial charge in [0, 0.05) is 31.3 Å². The number of allylic oxidation sites excluding steroid dienone is 9. The van der Waals surface area contributed by atoms with E-state index >= 15 is 0 Å². The molecule has 9 rings (SSSR count). The van der Waals surface area contributed by atoms with E-state index in [-0.39, 0.29) is 12.0 Å². The average molecular weight is 715 g/mol. The molecule has 6 aromatic rings. The Morgan fingerprint density at radius 1 is 0.815 bits per heavy atom. The molecule has 54 heavy (non-hydrogen) atoms. The highest BCUT2D eigenvalue weighted by atomic mass is 32.1. The van der Waals surface area contributed by atoms with Gasteiger partial charge in [-0.2, -0.15) is 0 Å². The minimum Gasteiger partial charge on any atom is -0.484 e. The van der Waals surface area contributed by atoms with E-state index in [4.69, 9.17) is 11.3 Å². The van der Waals surface area contributed by atoms with E-state index in [1.54, 1.807) is 0 Å². The lowest BCUT2D eigenvalue weighted by molar-refractivity contribution is 0.259. The molecule has 2 heterocycles. The molecule has 0 spiro atoms. The number of rotatable bonds is 6. The zero-order chi connectivity index (χ0) is 36.8. The first kappa shape index (κ1) is 33.8. The molecular formula is C52H42OS. The van der Waals surface area contributed by atoms with Crippen LogP contribution < -0.4 is 15.2 Å². The lowest BCUT2D eigenvalue weighted by atomic mass is 9.75. The monoisotopic (exact) mass is 714 g/mol. The maximum Gasteiger partial charge on any atom is 0.135 e. The molecule has 2 atom stereocenters. The van der Waals surface area contributed by atoms with Crippen LogP contribution in [0.1, 0.15) is 59.1 Å². The Morgan fingerprint density at radius 2 is 1.59 bits per heavy atom. The fourth-order valence-electron chi connectivity index (χ4n) is 8.46. The van der Waals surface area contributed by atoms with Gasteiger partial charge in [0.2, 0.25) is 0 Å². The predicted octanol–water partition coefficient (Wildman–Crippen LogP) is 12.4. The molecule has 2 heteroatoms.